The second-order valence-corrected chi connectivity index (χ2v) is 11.0. The first-order valence-electron chi connectivity index (χ1n) is 10.6. The predicted molar refractivity (Wildman–Crippen MR) is 138 cm³/mol. The van der Waals surface area contributed by atoms with E-state index in [4.69, 9.17) is 16.3 Å². The Morgan fingerprint density at radius 1 is 1.09 bits per heavy atom. The maximum absolute atomic E-state index is 13.5. The van der Waals surface area contributed by atoms with Crippen molar-refractivity contribution >= 4 is 43.5 Å². The van der Waals surface area contributed by atoms with Gasteiger partial charge in [-0.25, -0.2) is 8.42 Å². The molecular formula is C25H26BrClN2O4S. The predicted octanol–water partition coefficient (Wildman–Crippen LogP) is 5.22. The summed E-state index contributed by atoms with van der Waals surface area (Å²) in [6, 6.07) is 21.1. The van der Waals surface area contributed by atoms with Gasteiger partial charge >= 0.3 is 0 Å². The topological polar surface area (TPSA) is 75.7 Å². The van der Waals surface area contributed by atoms with Crippen molar-refractivity contribution in [2.24, 2.45) is 0 Å². The molecule has 0 radical (unpaired) electrons. The first-order valence-corrected chi connectivity index (χ1v) is 13.2. The second-order valence-electron chi connectivity index (χ2n) is 7.71. The summed E-state index contributed by atoms with van der Waals surface area (Å²) in [6.45, 7) is 1.66. The molecule has 0 bridgehead atoms. The zero-order chi connectivity index (χ0) is 24.7. The Hall–Kier alpha value is -2.39. The summed E-state index contributed by atoms with van der Waals surface area (Å²) in [5.74, 6) is -0.0271. The summed E-state index contributed by atoms with van der Waals surface area (Å²) in [5, 5.41) is 3.07. The summed E-state index contributed by atoms with van der Waals surface area (Å²) in [4.78, 5) is 12.9. The van der Waals surface area contributed by atoms with Gasteiger partial charge in [-0.1, -0.05) is 70.0 Å². The number of amides is 1. The SMILES string of the molecule is COc1ccc(S(=O)(=O)N(CCc2ccccc2)CC(=O)NC(C)c2cccc(Br)c2)cc1Cl. The quantitative estimate of drug-likeness (QED) is 0.366. The van der Waals surface area contributed by atoms with E-state index in [1.807, 2.05) is 61.5 Å². The van der Waals surface area contributed by atoms with E-state index in [-0.39, 0.29) is 29.0 Å². The third kappa shape index (κ3) is 6.82. The van der Waals surface area contributed by atoms with Gasteiger partial charge in [0, 0.05) is 11.0 Å². The first-order chi connectivity index (χ1) is 16.2. The summed E-state index contributed by atoms with van der Waals surface area (Å²) >= 11 is 9.61. The molecule has 0 aliphatic rings. The summed E-state index contributed by atoms with van der Waals surface area (Å²) in [5.41, 5.74) is 1.88. The van der Waals surface area contributed by atoms with E-state index < -0.39 is 15.9 Å². The van der Waals surface area contributed by atoms with Crippen LogP contribution in [0.3, 0.4) is 0 Å². The lowest BCUT2D eigenvalue weighted by Gasteiger charge is -2.23. The van der Waals surface area contributed by atoms with Crippen molar-refractivity contribution in [2.45, 2.75) is 24.3 Å². The van der Waals surface area contributed by atoms with Gasteiger partial charge in [0.1, 0.15) is 5.75 Å². The number of nitrogens with zero attached hydrogens (tertiary/aromatic N) is 1. The van der Waals surface area contributed by atoms with E-state index in [0.29, 0.717) is 12.2 Å². The number of ether oxygens (including phenoxy) is 1. The van der Waals surface area contributed by atoms with E-state index in [1.54, 1.807) is 0 Å². The number of sulfonamides is 1. The second kappa shape index (κ2) is 11.8. The molecule has 3 aromatic rings. The molecule has 6 nitrogen and oxygen atoms in total. The van der Waals surface area contributed by atoms with Crippen LogP contribution in [0.1, 0.15) is 24.1 Å². The third-order valence-electron chi connectivity index (χ3n) is 5.30. The fourth-order valence-electron chi connectivity index (χ4n) is 3.45. The maximum atomic E-state index is 13.5. The van der Waals surface area contributed by atoms with Gasteiger partial charge < -0.3 is 10.1 Å². The molecule has 34 heavy (non-hydrogen) atoms. The summed E-state index contributed by atoms with van der Waals surface area (Å²) in [6.07, 6.45) is 0.457. The molecule has 0 aliphatic heterocycles. The van der Waals surface area contributed by atoms with Crippen molar-refractivity contribution < 1.29 is 17.9 Å². The highest BCUT2D eigenvalue weighted by atomic mass is 79.9. The van der Waals surface area contributed by atoms with Crippen LogP contribution in [0.25, 0.3) is 0 Å². The molecule has 3 aromatic carbocycles. The molecule has 180 valence electrons. The smallest absolute Gasteiger partial charge is 0.243 e. The molecule has 1 N–H and O–H groups in total. The number of halogens is 2. The van der Waals surface area contributed by atoms with Crippen LogP contribution in [0.4, 0.5) is 0 Å². The Morgan fingerprint density at radius 2 is 1.82 bits per heavy atom. The lowest BCUT2D eigenvalue weighted by atomic mass is 10.1. The first kappa shape index (κ1) is 26.2. The lowest BCUT2D eigenvalue weighted by Crippen LogP contribution is -2.42. The van der Waals surface area contributed by atoms with Gasteiger partial charge in [0.25, 0.3) is 0 Å². The molecule has 0 aromatic heterocycles. The van der Waals surface area contributed by atoms with Gasteiger partial charge in [-0.05, 0) is 54.8 Å². The Kier molecular flexibility index (Phi) is 9.13. The van der Waals surface area contributed by atoms with Gasteiger partial charge in [0.05, 0.1) is 29.6 Å². The van der Waals surface area contributed by atoms with E-state index in [1.165, 1.54) is 29.6 Å². The fourth-order valence-corrected chi connectivity index (χ4v) is 5.61. The minimum absolute atomic E-state index is 0.000741. The highest BCUT2D eigenvalue weighted by molar-refractivity contribution is 9.10. The monoisotopic (exact) mass is 564 g/mol. The van der Waals surface area contributed by atoms with Gasteiger partial charge in [-0.3, -0.25) is 4.79 Å². The molecule has 1 atom stereocenters. The normalized spacial score (nSPS) is 12.4. The summed E-state index contributed by atoms with van der Waals surface area (Å²) in [7, 11) is -2.54. The van der Waals surface area contributed by atoms with E-state index >= 15 is 0 Å². The van der Waals surface area contributed by atoms with E-state index in [0.717, 1.165) is 15.6 Å². The Morgan fingerprint density at radius 3 is 2.47 bits per heavy atom. The van der Waals surface area contributed by atoms with Gasteiger partial charge in [0.2, 0.25) is 15.9 Å². The van der Waals surface area contributed by atoms with Crippen molar-refractivity contribution in [1.82, 2.24) is 9.62 Å². The number of benzene rings is 3. The molecule has 0 fully saturated rings. The Bertz CT molecular complexity index is 1240. The van der Waals surface area contributed by atoms with Crippen LogP contribution in [0.15, 0.2) is 82.2 Å². The molecule has 0 aliphatic carbocycles. The van der Waals surface area contributed by atoms with Crippen molar-refractivity contribution in [2.75, 3.05) is 20.2 Å². The highest BCUT2D eigenvalue weighted by Crippen LogP contribution is 2.28. The van der Waals surface area contributed by atoms with Crippen LogP contribution in [0.5, 0.6) is 5.75 Å². The standard InChI is InChI=1S/C25H26BrClN2O4S/c1-18(20-9-6-10-21(26)15-20)28-25(30)17-29(14-13-19-7-4-3-5-8-19)34(31,32)22-11-12-24(33-2)23(27)16-22/h3-12,15-16,18H,13-14,17H2,1-2H3,(H,28,30). The van der Waals surface area contributed by atoms with Crippen LogP contribution in [0.2, 0.25) is 5.02 Å². The van der Waals surface area contributed by atoms with Crippen LogP contribution < -0.4 is 10.1 Å². The van der Waals surface area contributed by atoms with Crippen molar-refractivity contribution in [1.29, 1.82) is 0 Å². The molecule has 0 saturated heterocycles. The van der Waals surface area contributed by atoms with Crippen LogP contribution in [0, 0.1) is 0 Å². The minimum Gasteiger partial charge on any atom is -0.495 e. The molecule has 0 spiro atoms. The van der Waals surface area contributed by atoms with Gasteiger partial charge in [-0.2, -0.15) is 4.31 Å². The van der Waals surface area contributed by atoms with Crippen LogP contribution in [-0.4, -0.2) is 38.8 Å². The van der Waals surface area contributed by atoms with Gasteiger partial charge in [0.15, 0.2) is 0 Å². The average Bonchev–Trinajstić information content (AvgIpc) is 2.82. The fraction of sp³-hybridized carbons (Fsp3) is 0.240. The van der Waals surface area contributed by atoms with Crippen LogP contribution in [-0.2, 0) is 21.2 Å². The molecular weight excluding hydrogens is 540 g/mol. The summed E-state index contributed by atoms with van der Waals surface area (Å²) < 4.78 is 34.2. The third-order valence-corrected chi connectivity index (χ3v) is 7.93. The number of nitrogens with one attached hydrogen (secondary N) is 1. The number of methoxy groups -OCH3 is 1. The zero-order valence-corrected chi connectivity index (χ0v) is 22.0. The highest BCUT2D eigenvalue weighted by Gasteiger charge is 2.28. The maximum Gasteiger partial charge on any atom is 0.243 e. The molecule has 0 heterocycles. The number of rotatable bonds is 10. The van der Waals surface area contributed by atoms with E-state index in [2.05, 4.69) is 21.2 Å². The molecule has 9 heteroatoms. The zero-order valence-electron chi connectivity index (χ0n) is 18.9. The van der Waals surface area contributed by atoms with Crippen molar-refractivity contribution in [3.8, 4) is 5.75 Å². The lowest BCUT2D eigenvalue weighted by molar-refractivity contribution is -0.121. The number of hydrogen-bond donors (Lipinski definition) is 1. The Balaban J connectivity index is 1.82. The largest absolute Gasteiger partial charge is 0.495 e. The van der Waals surface area contributed by atoms with Crippen molar-refractivity contribution in [3.63, 3.8) is 0 Å². The minimum atomic E-state index is -4.00. The number of carbonyl (C=O) groups excluding carboxylic acids is 1. The van der Waals surface area contributed by atoms with E-state index in [9.17, 15) is 13.2 Å². The number of carbonyl (C=O) groups is 1. The molecule has 1 amide bonds. The molecule has 0 saturated carbocycles. The van der Waals surface area contributed by atoms with Crippen molar-refractivity contribution in [3.05, 3.63) is 93.4 Å². The number of hydrogen-bond acceptors (Lipinski definition) is 4. The Labute approximate surface area is 214 Å². The molecule has 3 rings (SSSR count). The molecule has 1 unspecified atom stereocenters. The average molecular weight is 566 g/mol. The van der Waals surface area contributed by atoms with Gasteiger partial charge in [-0.15, -0.1) is 0 Å². The van der Waals surface area contributed by atoms with Crippen LogP contribution >= 0.6 is 27.5 Å².